The lowest BCUT2D eigenvalue weighted by molar-refractivity contribution is -0.137. The molecule has 0 amide bonds. The molecule has 0 bridgehead atoms. The molecule has 0 aromatic heterocycles. The molecule has 0 atom stereocenters. The average Bonchev–Trinajstić information content (AvgIpc) is 2.46. The Morgan fingerprint density at radius 3 is 2.25 bits per heavy atom. The summed E-state index contributed by atoms with van der Waals surface area (Å²) in [6, 6.07) is 5.58. The van der Waals surface area contributed by atoms with E-state index in [0.717, 1.165) is 23.6 Å². The van der Waals surface area contributed by atoms with Gasteiger partial charge in [-0.3, -0.25) is 0 Å². The minimum atomic E-state index is -4.33. The van der Waals surface area contributed by atoms with E-state index in [1.54, 1.807) is 19.9 Å². The van der Waals surface area contributed by atoms with E-state index in [9.17, 15) is 18.3 Å². The van der Waals surface area contributed by atoms with Gasteiger partial charge in [-0.15, -0.1) is 0 Å². The van der Waals surface area contributed by atoms with E-state index in [-0.39, 0.29) is 0 Å². The van der Waals surface area contributed by atoms with Crippen LogP contribution in [0.5, 0.6) is 0 Å². The number of alkyl halides is 3. The Labute approximate surface area is 141 Å². The zero-order chi connectivity index (χ0) is 18.1. The first-order valence-corrected chi connectivity index (χ1v) is 8.23. The van der Waals surface area contributed by atoms with E-state index >= 15 is 0 Å². The average molecular weight is 338 g/mol. The van der Waals surface area contributed by atoms with E-state index in [1.807, 2.05) is 6.92 Å². The van der Waals surface area contributed by atoms with Crippen LogP contribution in [0.2, 0.25) is 0 Å². The van der Waals surface area contributed by atoms with Gasteiger partial charge < -0.3 is 5.11 Å². The van der Waals surface area contributed by atoms with E-state index in [1.165, 1.54) is 23.3 Å². The second-order valence-electron chi connectivity index (χ2n) is 7.39. The zero-order valence-electron chi connectivity index (χ0n) is 14.7. The van der Waals surface area contributed by atoms with Crippen molar-refractivity contribution in [3.05, 3.63) is 52.1 Å². The van der Waals surface area contributed by atoms with Crippen molar-refractivity contribution in [3.63, 3.8) is 0 Å². The fraction of sp³-hybridized carbons (Fsp3) is 0.500. The fourth-order valence-electron chi connectivity index (χ4n) is 3.00. The molecule has 0 spiro atoms. The highest BCUT2D eigenvalue weighted by molar-refractivity contribution is 5.73. The van der Waals surface area contributed by atoms with Gasteiger partial charge in [0, 0.05) is 0 Å². The first-order chi connectivity index (χ1) is 11.0. The van der Waals surface area contributed by atoms with Crippen LogP contribution < -0.4 is 0 Å². The minimum absolute atomic E-state index is 0.594. The van der Waals surface area contributed by atoms with Crippen LogP contribution in [0.3, 0.4) is 0 Å². The number of benzene rings is 1. The smallest absolute Gasteiger partial charge is 0.390 e. The largest absolute Gasteiger partial charge is 0.416 e. The Morgan fingerprint density at radius 1 is 1.04 bits per heavy atom. The van der Waals surface area contributed by atoms with Gasteiger partial charge in [0.25, 0.3) is 0 Å². The Morgan fingerprint density at radius 2 is 1.67 bits per heavy atom. The maximum atomic E-state index is 13.0. The molecule has 24 heavy (non-hydrogen) atoms. The molecular weight excluding hydrogens is 313 g/mol. The van der Waals surface area contributed by atoms with Crippen molar-refractivity contribution < 1.29 is 18.3 Å². The number of aliphatic hydroxyl groups is 1. The fourth-order valence-corrected chi connectivity index (χ4v) is 3.00. The van der Waals surface area contributed by atoms with Crippen LogP contribution in [0.25, 0.3) is 5.57 Å². The van der Waals surface area contributed by atoms with Crippen LogP contribution in [0.1, 0.15) is 64.5 Å². The summed E-state index contributed by atoms with van der Waals surface area (Å²) in [7, 11) is 0. The van der Waals surface area contributed by atoms with Crippen molar-refractivity contribution >= 4 is 5.57 Å². The number of hydrogen-bond acceptors (Lipinski definition) is 1. The van der Waals surface area contributed by atoms with E-state index in [2.05, 4.69) is 6.92 Å². The van der Waals surface area contributed by atoms with E-state index in [0.29, 0.717) is 24.8 Å². The summed E-state index contributed by atoms with van der Waals surface area (Å²) < 4.78 is 39.1. The molecule has 0 saturated carbocycles. The number of allylic oxidation sites excluding steroid dienone is 4. The topological polar surface area (TPSA) is 20.2 Å². The highest BCUT2D eigenvalue weighted by atomic mass is 19.4. The van der Waals surface area contributed by atoms with Gasteiger partial charge in [-0.25, -0.2) is 0 Å². The molecule has 1 N–H and O–H groups in total. The third kappa shape index (κ3) is 4.73. The second-order valence-corrected chi connectivity index (χ2v) is 7.39. The molecule has 1 aliphatic carbocycles. The first kappa shape index (κ1) is 18.8. The van der Waals surface area contributed by atoms with Crippen LogP contribution in [-0.4, -0.2) is 10.7 Å². The third-order valence-corrected chi connectivity index (χ3v) is 4.65. The summed E-state index contributed by atoms with van der Waals surface area (Å²) in [4.78, 5) is 0. The van der Waals surface area contributed by atoms with Gasteiger partial charge in [0.1, 0.15) is 0 Å². The lowest BCUT2D eigenvalue weighted by Crippen LogP contribution is -2.19. The third-order valence-electron chi connectivity index (χ3n) is 4.65. The van der Waals surface area contributed by atoms with Crippen molar-refractivity contribution in [2.24, 2.45) is 0 Å². The quantitative estimate of drug-likeness (QED) is 0.654. The van der Waals surface area contributed by atoms with Gasteiger partial charge in [0.15, 0.2) is 0 Å². The maximum absolute atomic E-state index is 13.0. The normalized spacial score (nSPS) is 16.8. The summed E-state index contributed by atoms with van der Waals surface area (Å²) in [5.41, 5.74) is 3.86. The van der Waals surface area contributed by atoms with E-state index in [4.69, 9.17) is 0 Å². The molecule has 132 valence electrons. The SMILES string of the molecule is CC1=C(C)CC(c2cccc(C(F)(F)F)c2)=C(CCC(C)(C)O)C1. The standard InChI is InChI=1S/C20H25F3O/c1-13-10-16(8-9-19(3,4)24)18(11-14(13)2)15-6-5-7-17(12-15)20(21,22)23/h5-7,12,24H,8-11H2,1-4H3. The lowest BCUT2D eigenvalue weighted by Gasteiger charge is -2.26. The summed E-state index contributed by atoms with van der Waals surface area (Å²) in [6.45, 7) is 7.63. The molecule has 4 heteroatoms. The summed E-state index contributed by atoms with van der Waals surface area (Å²) >= 11 is 0. The monoisotopic (exact) mass is 338 g/mol. The maximum Gasteiger partial charge on any atom is 0.416 e. The molecular formula is C20H25F3O. The second kappa shape index (κ2) is 6.75. The number of rotatable bonds is 4. The van der Waals surface area contributed by atoms with Gasteiger partial charge in [-0.2, -0.15) is 13.2 Å². The summed E-state index contributed by atoms with van der Waals surface area (Å²) in [5, 5.41) is 9.99. The molecule has 2 rings (SSSR count). The van der Waals surface area contributed by atoms with Gasteiger partial charge in [-0.1, -0.05) is 28.9 Å². The lowest BCUT2D eigenvalue weighted by atomic mass is 9.81. The molecule has 1 nitrogen and oxygen atoms in total. The Kier molecular flexibility index (Phi) is 5.28. The summed E-state index contributed by atoms with van der Waals surface area (Å²) in [6.07, 6.45) is -1.60. The first-order valence-electron chi connectivity index (χ1n) is 8.23. The molecule has 1 aromatic carbocycles. The zero-order valence-corrected chi connectivity index (χ0v) is 14.7. The van der Waals surface area contributed by atoms with Crippen LogP contribution in [-0.2, 0) is 6.18 Å². The Hall–Kier alpha value is -1.55. The Balaban J connectivity index is 2.41. The van der Waals surface area contributed by atoms with Crippen LogP contribution in [0.15, 0.2) is 41.0 Å². The van der Waals surface area contributed by atoms with Crippen LogP contribution >= 0.6 is 0 Å². The van der Waals surface area contributed by atoms with Gasteiger partial charge in [0.05, 0.1) is 11.2 Å². The van der Waals surface area contributed by atoms with Crippen LogP contribution in [0, 0.1) is 0 Å². The molecule has 0 aliphatic heterocycles. The summed E-state index contributed by atoms with van der Waals surface area (Å²) in [5.74, 6) is 0. The molecule has 0 unspecified atom stereocenters. The molecule has 0 fully saturated rings. The molecule has 0 heterocycles. The van der Waals surface area contributed by atoms with Gasteiger partial charge in [-0.05, 0) is 76.6 Å². The molecule has 1 aromatic rings. The number of hydrogen-bond donors (Lipinski definition) is 1. The van der Waals surface area contributed by atoms with Crippen molar-refractivity contribution in [1.29, 1.82) is 0 Å². The van der Waals surface area contributed by atoms with Crippen LogP contribution in [0.4, 0.5) is 13.2 Å². The van der Waals surface area contributed by atoms with Crippen molar-refractivity contribution in [2.45, 2.75) is 65.2 Å². The molecule has 1 aliphatic rings. The Bertz CT molecular complexity index is 673. The highest BCUT2D eigenvalue weighted by Crippen LogP contribution is 2.40. The highest BCUT2D eigenvalue weighted by Gasteiger charge is 2.31. The van der Waals surface area contributed by atoms with Gasteiger partial charge in [0.2, 0.25) is 0 Å². The predicted molar refractivity (Wildman–Crippen MR) is 91.5 cm³/mol. The molecule has 0 saturated heterocycles. The van der Waals surface area contributed by atoms with Gasteiger partial charge >= 0.3 is 6.18 Å². The molecule has 0 radical (unpaired) electrons. The van der Waals surface area contributed by atoms with Crippen molar-refractivity contribution in [2.75, 3.05) is 0 Å². The van der Waals surface area contributed by atoms with Crippen molar-refractivity contribution in [3.8, 4) is 0 Å². The van der Waals surface area contributed by atoms with Crippen molar-refractivity contribution in [1.82, 2.24) is 0 Å². The number of halogens is 3. The van der Waals surface area contributed by atoms with E-state index < -0.39 is 17.3 Å². The predicted octanol–water partition coefficient (Wildman–Crippen LogP) is 6.14. The minimum Gasteiger partial charge on any atom is -0.390 e.